The first-order valence-electron chi connectivity index (χ1n) is 6.34. The van der Waals surface area contributed by atoms with Gasteiger partial charge < -0.3 is 11.1 Å². The summed E-state index contributed by atoms with van der Waals surface area (Å²) in [5, 5.41) is 6.46. The second-order valence-corrected chi connectivity index (χ2v) is 4.79. The van der Waals surface area contributed by atoms with E-state index in [1.165, 1.54) is 18.2 Å². The van der Waals surface area contributed by atoms with Gasteiger partial charge in [-0.1, -0.05) is 0 Å². The third kappa shape index (κ3) is 3.25. The molecule has 2 rings (SSSR count). The van der Waals surface area contributed by atoms with Crippen molar-refractivity contribution in [1.82, 2.24) is 9.78 Å². The molecule has 0 saturated carbocycles. The van der Waals surface area contributed by atoms with Crippen molar-refractivity contribution >= 4 is 17.5 Å². The van der Waals surface area contributed by atoms with Crippen LogP contribution in [0.25, 0.3) is 0 Å². The number of carbonyl (C=O) groups excluding carboxylic acids is 2. The molecule has 0 spiro atoms. The van der Waals surface area contributed by atoms with Gasteiger partial charge in [0.15, 0.2) is 5.69 Å². The number of rotatable bonds is 4. The van der Waals surface area contributed by atoms with E-state index in [1.54, 1.807) is 10.9 Å². The second kappa shape index (κ2) is 5.74. The summed E-state index contributed by atoms with van der Waals surface area (Å²) in [5.74, 6) is -1.92. The van der Waals surface area contributed by atoms with Crippen molar-refractivity contribution < 1.29 is 14.0 Å². The van der Waals surface area contributed by atoms with Crippen molar-refractivity contribution in [2.75, 3.05) is 5.32 Å². The highest BCUT2D eigenvalue weighted by Crippen LogP contribution is 2.17. The topological polar surface area (TPSA) is 90.0 Å². The quantitative estimate of drug-likeness (QED) is 0.901. The van der Waals surface area contributed by atoms with Gasteiger partial charge in [-0.15, -0.1) is 0 Å². The number of benzene rings is 1. The fraction of sp³-hybridized carbons (Fsp3) is 0.214. The van der Waals surface area contributed by atoms with Crippen LogP contribution in [-0.2, 0) is 0 Å². The van der Waals surface area contributed by atoms with Crippen LogP contribution in [0.15, 0.2) is 30.5 Å². The molecule has 110 valence electrons. The van der Waals surface area contributed by atoms with Crippen LogP contribution in [0.5, 0.6) is 0 Å². The van der Waals surface area contributed by atoms with E-state index in [0.717, 1.165) is 6.07 Å². The van der Waals surface area contributed by atoms with Gasteiger partial charge in [0.1, 0.15) is 5.82 Å². The zero-order valence-electron chi connectivity index (χ0n) is 11.6. The Kier molecular flexibility index (Phi) is 4.02. The molecule has 0 unspecified atom stereocenters. The lowest BCUT2D eigenvalue weighted by molar-refractivity contribution is 0.0995. The Labute approximate surface area is 120 Å². The van der Waals surface area contributed by atoms with E-state index in [0.29, 0.717) is 0 Å². The lowest BCUT2D eigenvalue weighted by atomic mass is 10.2. The molecule has 7 heteroatoms. The predicted octanol–water partition coefficient (Wildman–Crippen LogP) is 1.95. The number of hydrogen-bond acceptors (Lipinski definition) is 3. The number of nitrogens with two attached hydrogens (primary N) is 1. The van der Waals surface area contributed by atoms with E-state index in [-0.39, 0.29) is 23.0 Å². The minimum Gasteiger partial charge on any atom is -0.366 e. The Balaban J connectivity index is 2.22. The summed E-state index contributed by atoms with van der Waals surface area (Å²) in [4.78, 5) is 23.1. The standard InChI is InChI=1S/C14H15FN4O2/c1-8(2)19-6-5-11(18-19)14(21)17-12-7-9(13(16)20)3-4-10(12)15/h3-8H,1-2H3,(H2,16,20)(H,17,21). The first kappa shape index (κ1) is 14.7. The smallest absolute Gasteiger partial charge is 0.276 e. The number of hydrogen-bond donors (Lipinski definition) is 2. The van der Waals surface area contributed by atoms with Crippen LogP contribution in [-0.4, -0.2) is 21.6 Å². The second-order valence-electron chi connectivity index (χ2n) is 4.79. The minimum absolute atomic E-state index is 0.111. The first-order valence-corrected chi connectivity index (χ1v) is 6.34. The van der Waals surface area contributed by atoms with Gasteiger partial charge in [-0.3, -0.25) is 14.3 Å². The van der Waals surface area contributed by atoms with Gasteiger partial charge in [0.2, 0.25) is 5.91 Å². The molecular formula is C14H15FN4O2. The maximum atomic E-state index is 13.7. The lowest BCUT2D eigenvalue weighted by Gasteiger charge is -2.07. The van der Waals surface area contributed by atoms with Gasteiger partial charge in [-0.2, -0.15) is 5.10 Å². The van der Waals surface area contributed by atoms with Crippen LogP contribution >= 0.6 is 0 Å². The molecule has 2 amide bonds. The molecular weight excluding hydrogens is 275 g/mol. The van der Waals surface area contributed by atoms with Crippen LogP contribution < -0.4 is 11.1 Å². The molecule has 21 heavy (non-hydrogen) atoms. The molecule has 0 atom stereocenters. The van der Waals surface area contributed by atoms with Crippen LogP contribution in [0.2, 0.25) is 0 Å². The summed E-state index contributed by atoms with van der Waals surface area (Å²) in [6, 6.07) is 5.16. The molecule has 0 bridgehead atoms. The molecule has 1 aromatic heterocycles. The summed E-state index contributed by atoms with van der Waals surface area (Å²) in [5.41, 5.74) is 5.28. The average molecular weight is 290 g/mol. The Morgan fingerprint density at radius 1 is 1.33 bits per heavy atom. The number of nitrogens with one attached hydrogen (secondary N) is 1. The van der Waals surface area contributed by atoms with E-state index in [9.17, 15) is 14.0 Å². The van der Waals surface area contributed by atoms with E-state index >= 15 is 0 Å². The molecule has 0 saturated heterocycles. The van der Waals surface area contributed by atoms with E-state index in [2.05, 4.69) is 10.4 Å². The van der Waals surface area contributed by atoms with E-state index in [1.807, 2.05) is 13.8 Å². The van der Waals surface area contributed by atoms with Crippen LogP contribution in [0, 0.1) is 5.82 Å². The van der Waals surface area contributed by atoms with Crippen LogP contribution in [0.1, 0.15) is 40.7 Å². The number of halogens is 1. The lowest BCUT2D eigenvalue weighted by Crippen LogP contribution is -2.16. The van der Waals surface area contributed by atoms with E-state index in [4.69, 9.17) is 5.73 Å². The molecule has 6 nitrogen and oxygen atoms in total. The zero-order chi connectivity index (χ0) is 15.6. The van der Waals surface area contributed by atoms with E-state index < -0.39 is 17.6 Å². The average Bonchev–Trinajstić information content (AvgIpc) is 2.90. The van der Waals surface area contributed by atoms with Crippen molar-refractivity contribution in [3.8, 4) is 0 Å². The van der Waals surface area contributed by atoms with Gasteiger partial charge in [0.25, 0.3) is 5.91 Å². The molecule has 1 heterocycles. The number of anilines is 1. The molecule has 0 radical (unpaired) electrons. The maximum absolute atomic E-state index is 13.7. The molecule has 1 aromatic carbocycles. The highest BCUT2D eigenvalue weighted by atomic mass is 19.1. The van der Waals surface area contributed by atoms with Gasteiger partial charge in [-0.05, 0) is 38.1 Å². The number of aromatic nitrogens is 2. The highest BCUT2D eigenvalue weighted by Gasteiger charge is 2.14. The summed E-state index contributed by atoms with van der Waals surface area (Å²) >= 11 is 0. The SMILES string of the molecule is CC(C)n1ccc(C(=O)Nc2cc(C(N)=O)ccc2F)n1. The third-order valence-corrected chi connectivity index (χ3v) is 2.87. The maximum Gasteiger partial charge on any atom is 0.276 e. The van der Waals surface area contributed by atoms with Gasteiger partial charge in [-0.25, -0.2) is 4.39 Å². The fourth-order valence-corrected chi connectivity index (χ4v) is 1.71. The van der Waals surface area contributed by atoms with Gasteiger partial charge >= 0.3 is 0 Å². The minimum atomic E-state index is -0.699. The summed E-state index contributed by atoms with van der Waals surface area (Å²) in [6.07, 6.45) is 1.66. The number of amides is 2. The van der Waals surface area contributed by atoms with Crippen molar-refractivity contribution in [1.29, 1.82) is 0 Å². The Morgan fingerprint density at radius 2 is 2.05 bits per heavy atom. The van der Waals surface area contributed by atoms with Crippen molar-refractivity contribution in [2.45, 2.75) is 19.9 Å². The number of carbonyl (C=O) groups is 2. The Bertz CT molecular complexity index is 694. The zero-order valence-corrected chi connectivity index (χ0v) is 11.6. The summed E-state index contributed by atoms with van der Waals surface area (Å²) in [7, 11) is 0. The van der Waals surface area contributed by atoms with Crippen LogP contribution in [0.4, 0.5) is 10.1 Å². The fourth-order valence-electron chi connectivity index (χ4n) is 1.71. The molecule has 3 N–H and O–H groups in total. The third-order valence-electron chi connectivity index (χ3n) is 2.87. The Morgan fingerprint density at radius 3 is 2.62 bits per heavy atom. The van der Waals surface area contributed by atoms with Crippen molar-refractivity contribution in [3.63, 3.8) is 0 Å². The van der Waals surface area contributed by atoms with Crippen LogP contribution in [0.3, 0.4) is 0 Å². The monoisotopic (exact) mass is 290 g/mol. The van der Waals surface area contributed by atoms with Gasteiger partial charge in [0.05, 0.1) is 5.69 Å². The Hall–Kier alpha value is -2.70. The molecule has 0 aliphatic carbocycles. The summed E-state index contributed by atoms with van der Waals surface area (Å²) in [6.45, 7) is 3.84. The van der Waals surface area contributed by atoms with Crippen molar-refractivity contribution in [2.24, 2.45) is 5.73 Å². The highest BCUT2D eigenvalue weighted by molar-refractivity contribution is 6.03. The van der Waals surface area contributed by atoms with Crippen molar-refractivity contribution in [3.05, 3.63) is 47.5 Å². The molecule has 0 fully saturated rings. The normalized spacial score (nSPS) is 10.7. The largest absolute Gasteiger partial charge is 0.366 e. The number of primary amides is 1. The number of nitrogens with zero attached hydrogens (tertiary/aromatic N) is 2. The molecule has 0 aliphatic heterocycles. The molecule has 0 aliphatic rings. The van der Waals surface area contributed by atoms with Gasteiger partial charge in [0, 0.05) is 17.8 Å². The predicted molar refractivity (Wildman–Crippen MR) is 75.5 cm³/mol. The summed E-state index contributed by atoms with van der Waals surface area (Å²) < 4.78 is 15.3. The first-order chi connectivity index (χ1) is 9.88. The molecule has 2 aromatic rings.